The molecule has 27 heavy (non-hydrogen) atoms. The molecule has 2 aromatic rings. The summed E-state index contributed by atoms with van der Waals surface area (Å²) in [6, 6.07) is 12.9. The van der Waals surface area contributed by atoms with Crippen LogP contribution in [0.3, 0.4) is 0 Å². The highest BCUT2D eigenvalue weighted by molar-refractivity contribution is 14.1. The molecule has 0 heterocycles. The molecular weight excluding hydrogens is 540 g/mol. The number of nitrogens with one attached hydrogen (secondary N) is 3. The third-order valence-electron chi connectivity index (χ3n) is 3.61. The predicted molar refractivity (Wildman–Crippen MR) is 126 cm³/mol. The molecule has 9 heteroatoms. The third-order valence-corrected chi connectivity index (χ3v) is 5.21. The average Bonchev–Trinajstić information content (AvgIpc) is 2.56. The normalized spacial score (nSPS) is 12.2. The maximum atomic E-state index is 12.5. The van der Waals surface area contributed by atoms with Gasteiger partial charge in [0.2, 0.25) is 3.79 Å². The lowest BCUT2D eigenvalue weighted by molar-refractivity contribution is 0.0934. The van der Waals surface area contributed by atoms with Crippen LogP contribution in [0.2, 0.25) is 0 Å². The van der Waals surface area contributed by atoms with E-state index in [1.807, 2.05) is 44.2 Å². The first-order valence-corrected chi connectivity index (χ1v) is 10.5. The number of alkyl halides is 3. The first-order chi connectivity index (χ1) is 12.6. The molecule has 0 aliphatic heterocycles. The molecule has 2 rings (SSSR count). The van der Waals surface area contributed by atoms with E-state index in [2.05, 4.69) is 38.5 Å². The van der Waals surface area contributed by atoms with Gasteiger partial charge in [-0.15, -0.1) is 0 Å². The van der Waals surface area contributed by atoms with Crippen LogP contribution in [0.15, 0.2) is 42.5 Å². The van der Waals surface area contributed by atoms with Gasteiger partial charge in [-0.2, -0.15) is 0 Å². The highest BCUT2D eigenvalue weighted by atomic mass is 127. The molecule has 0 saturated heterocycles. The summed E-state index contributed by atoms with van der Waals surface area (Å²) in [5.41, 5.74) is 3.43. The number of carbonyl (C=O) groups excluding carboxylic acids is 1. The molecule has 0 bridgehead atoms. The molecule has 0 spiro atoms. The number of aryl methyl sites for hydroxylation is 2. The monoisotopic (exact) mass is 555 g/mol. The Morgan fingerprint density at radius 1 is 1.07 bits per heavy atom. The molecule has 0 aromatic heterocycles. The van der Waals surface area contributed by atoms with Crippen molar-refractivity contribution in [2.45, 2.75) is 23.8 Å². The zero-order valence-electron chi connectivity index (χ0n) is 14.4. The number of rotatable bonds is 4. The summed E-state index contributed by atoms with van der Waals surface area (Å²) in [7, 11) is 0. The van der Waals surface area contributed by atoms with E-state index < -0.39 is 9.96 Å². The van der Waals surface area contributed by atoms with Gasteiger partial charge in [0.05, 0.1) is 0 Å². The minimum atomic E-state index is -1.81. The second-order valence-corrected chi connectivity index (χ2v) is 9.89. The smallest absolute Gasteiger partial charge is 0.252 e. The maximum absolute atomic E-state index is 12.5. The van der Waals surface area contributed by atoms with Crippen molar-refractivity contribution in [1.29, 1.82) is 0 Å². The average molecular weight is 557 g/mol. The van der Waals surface area contributed by atoms with E-state index in [1.165, 1.54) is 0 Å². The predicted octanol–water partition coefficient (Wildman–Crippen LogP) is 5.32. The van der Waals surface area contributed by atoms with Crippen LogP contribution < -0.4 is 16.0 Å². The molecule has 0 aliphatic rings. The lowest BCUT2D eigenvalue weighted by Crippen LogP contribution is -2.56. The summed E-state index contributed by atoms with van der Waals surface area (Å²) in [5, 5.41) is 8.78. The van der Waals surface area contributed by atoms with Gasteiger partial charge < -0.3 is 16.0 Å². The number of anilines is 1. The summed E-state index contributed by atoms with van der Waals surface area (Å²) >= 11 is 25.5. The van der Waals surface area contributed by atoms with Crippen molar-refractivity contribution in [2.75, 3.05) is 5.32 Å². The topological polar surface area (TPSA) is 53.2 Å². The van der Waals surface area contributed by atoms with Crippen LogP contribution in [0.25, 0.3) is 0 Å². The van der Waals surface area contributed by atoms with Gasteiger partial charge in [0.15, 0.2) is 5.11 Å². The Kier molecular flexibility index (Phi) is 8.00. The summed E-state index contributed by atoms with van der Waals surface area (Å²) in [4.78, 5) is 12.5. The highest BCUT2D eigenvalue weighted by Crippen LogP contribution is 2.29. The van der Waals surface area contributed by atoms with Gasteiger partial charge in [0, 0.05) is 14.8 Å². The first kappa shape index (κ1) is 22.5. The summed E-state index contributed by atoms with van der Waals surface area (Å²) < 4.78 is -0.800. The van der Waals surface area contributed by atoms with Gasteiger partial charge in [-0.1, -0.05) is 52.5 Å². The van der Waals surface area contributed by atoms with Gasteiger partial charge in [-0.3, -0.25) is 4.79 Å². The van der Waals surface area contributed by atoms with Crippen LogP contribution in [0.1, 0.15) is 21.5 Å². The van der Waals surface area contributed by atoms with E-state index in [9.17, 15) is 4.79 Å². The molecule has 0 saturated carbocycles. The molecule has 0 radical (unpaired) electrons. The molecule has 1 unspecified atom stereocenters. The number of carbonyl (C=O) groups is 1. The minimum absolute atomic E-state index is 0.223. The van der Waals surface area contributed by atoms with Crippen LogP contribution in [-0.2, 0) is 0 Å². The van der Waals surface area contributed by atoms with E-state index in [4.69, 9.17) is 47.0 Å². The number of amides is 1. The summed E-state index contributed by atoms with van der Waals surface area (Å²) in [5.74, 6) is -0.385. The van der Waals surface area contributed by atoms with Crippen molar-refractivity contribution < 1.29 is 4.79 Å². The Bertz CT molecular complexity index is 841. The second kappa shape index (κ2) is 9.60. The zero-order chi connectivity index (χ0) is 20.2. The Balaban J connectivity index is 2.08. The quantitative estimate of drug-likeness (QED) is 0.207. The molecular formula is C18H17Cl3IN3OS. The molecule has 1 atom stereocenters. The number of thiocarbonyl (C=S) groups is 1. The van der Waals surface area contributed by atoms with Gasteiger partial charge in [0.1, 0.15) is 6.17 Å². The fourth-order valence-corrected chi connectivity index (χ4v) is 3.17. The summed E-state index contributed by atoms with van der Waals surface area (Å²) in [6.45, 7) is 3.97. The van der Waals surface area contributed by atoms with Crippen molar-refractivity contribution in [3.05, 3.63) is 62.7 Å². The van der Waals surface area contributed by atoms with E-state index in [1.54, 1.807) is 12.1 Å². The number of hydrogen-bond donors (Lipinski definition) is 3. The van der Waals surface area contributed by atoms with Crippen LogP contribution in [-0.4, -0.2) is 21.0 Å². The fourth-order valence-electron chi connectivity index (χ4n) is 2.26. The molecule has 0 fully saturated rings. The van der Waals surface area contributed by atoms with Crippen molar-refractivity contribution in [2.24, 2.45) is 0 Å². The standard InChI is InChI=1S/C18H17Cl3IN3OS/c1-10-3-8-14(11(2)9-10)23-17(27)25-16(18(19,20)21)24-15(26)12-4-6-13(22)7-5-12/h3-9,16H,1-2H3,(H,24,26)(H2,23,25,27). The van der Waals surface area contributed by atoms with E-state index in [-0.39, 0.29) is 11.0 Å². The Morgan fingerprint density at radius 3 is 2.26 bits per heavy atom. The summed E-state index contributed by atoms with van der Waals surface area (Å²) in [6.07, 6.45) is -1.03. The first-order valence-electron chi connectivity index (χ1n) is 7.84. The van der Waals surface area contributed by atoms with Crippen molar-refractivity contribution in [1.82, 2.24) is 10.6 Å². The van der Waals surface area contributed by atoms with Crippen molar-refractivity contribution >= 4 is 86.3 Å². The lowest BCUT2D eigenvalue weighted by atomic mass is 10.1. The molecule has 1 amide bonds. The molecule has 144 valence electrons. The zero-order valence-corrected chi connectivity index (χ0v) is 19.7. The largest absolute Gasteiger partial charge is 0.339 e. The minimum Gasteiger partial charge on any atom is -0.339 e. The molecule has 0 aliphatic carbocycles. The maximum Gasteiger partial charge on any atom is 0.252 e. The van der Waals surface area contributed by atoms with Crippen LogP contribution in [0.4, 0.5) is 5.69 Å². The Morgan fingerprint density at radius 2 is 1.70 bits per heavy atom. The van der Waals surface area contributed by atoms with E-state index in [0.29, 0.717) is 5.56 Å². The van der Waals surface area contributed by atoms with Crippen LogP contribution in [0, 0.1) is 17.4 Å². The Hall–Kier alpha value is -0.800. The molecule has 4 nitrogen and oxygen atoms in total. The fraction of sp³-hybridized carbons (Fsp3) is 0.222. The second-order valence-electron chi connectivity index (χ2n) is 5.87. The van der Waals surface area contributed by atoms with E-state index >= 15 is 0 Å². The highest BCUT2D eigenvalue weighted by Gasteiger charge is 2.34. The van der Waals surface area contributed by atoms with E-state index in [0.717, 1.165) is 20.4 Å². The van der Waals surface area contributed by atoms with Crippen LogP contribution in [0.5, 0.6) is 0 Å². The van der Waals surface area contributed by atoms with Gasteiger partial charge in [-0.05, 0) is 84.6 Å². The molecule has 3 N–H and O–H groups in total. The van der Waals surface area contributed by atoms with Gasteiger partial charge >= 0.3 is 0 Å². The number of halogens is 4. The third kappa shape index (κ3) is 6.94. The van der Waals surface area contributed by atoms with Gasteiger partial charge in [-0.25, -0.2) is 0 Å². The number of benzene rings is 2. The van der Waals surface area contributed by atoms with Crippen molar-refractivity contribution in [3.8, 4) is 0 Å². The van der Waals surface area contributed by atoms with Gasteiger partial charge in [0.25, 0.3) is 5.91 Å². The lowest BCUT2D eigenvalue weighted by Gasteiger charge is -2.28. The SMILES string of the molecule is Cc1ccc(NC(=S)NC(NC(=O)c2ccc(I)cc2)C(Cl)(Cl)Cl)c(C)c1. The number of hydrogen-bond acceptors (Lipinski definition) is 2. The Labute approximate surface area is 192 Å². The van der Waals surface area contributed by atoms with Crippen LogP contribution >= 0.6 is 69.6 Å². The molecule has 2 aromatic carbocycles. The van der Waals surface area contributed by atoms with Crippen molar-refractivity contribution in [3.63, 3.8) is 0 Å².